The summed E-state index contributed by atoms with van der Waals surface area (Å²) in [7, 11) is 0. The minimum Gasteiger partial charge on any atom is -0.382 e. The van der Waals surface area contributed by atoms with Crippen LogP contribution in [0.25, 0.3) is 16.8 Å². The molecule has 2 fully saturated rings. The topological polar surface area (TPSA) is 106 Å². The lowest BCUT2D eigenvalue weighted by molar-refractivity contribution is -0.139. The average Bonchev–Trinajstić information content (AvgIpc) is 3.39. The second kappa shape index (κ2) is 8.92. The highest BCUT2D eigenvalue weighted by Crippen LogP contribution is 2.39. The first-order valence-corrected chi connectivity index (χ1v) is 11.3. The van der Waals surface area contributed by atoms with Crippen molar-refractivity contribution in [1.29, 1.82) is 0 Å². The molecule has 3 N–H and O–H groups in total. The number of aromatic nitrogens is 3. The number of nitrogen functional groups attached to an aromatic ring is 1. The Hall–Kier alpha value is -3.84. The molecule has 2 amide bonds. The number of benzene rings is 1. The molecule has 1 saturated carbocycles. The predicted molar refractivity (Wildman–Crippen MR) is 118 cm³/mol. The van der Waals surface area contributed by atoms with Crippen molar-refractivity contribution in [1.82, 2.24) is 24.8 Å². The Bertz CT molecular complexity index is 1390. The third-order valence-corrected chi connectivity index (χ3v) is 6.70. The van der Waals surface area contributed by atoms with Crippen LogP contribution < -0.4 is 11.1 Å². The molecule has 1 saturated heterocycles. The van der Waals surface area contributed by atoms with Gasteiger partial charge in [-0.2, -0.15) is 18.3 Å². The van der Waals surface area contributed by atoms with E-state index in [-0.39, 0.29) is 37.2 Å². The zero-order valence-corrected chi connectivity index (χ0v) is 19.0. The van der Waals surface area contributed by atoms with E-state index in [1.807, 2.05) is 0 Å². The fourth-order valence-corrected chi connectivity index (χ4v) is 4.68. The van der Waals surface area contributed by atoms with Crippen molar-refractivity contribution < 1.29 is 35.9 Å². The lowest BCUT2D eigenvalue weighted by atomic mass is 9.82. The van der Waals surface area contributed by atoms with Gasteiger partial charge in [0.25, 0.3) is 5.91 Å². The van der Waals surface area contributed by atoms with Gasteiger partial charge in [-0.3, -0.25) is 9.59 Å². The molecule has 0 spiro atoms. The van der Waals surface area contributed by atoms with Gasteiger partial charge in [0.05, 0.1) is 29.4 Å². The Labute approximate surface area is 205 Å². The molecule has 2 aromatic heterocycles. The minimum atomic E-state index is -4.80. The minimum absolute atomic E-state index is 0.0148. The van der Waals surface area contributed by atoms with Crippen molar-refractivity contribution in [3.05, 3.63) is 47.5 Å². The van der Waals surface area contributed by atoms with Gasteiger partial charge >= 0.3 is 6.18 Å². The summed E-state index contributed by atoms with van der Waals surface area (Å²) in [6.45, 7) is -0.466. The molecule has 1 aromatic carbocycles. The summed E-state index contributed by atoms with van der Waals surface area (Å²) in [5.41, 5.74) is 3.38. The number of rotatable bonds is 4. The second-order valence-corrected chi connectivity index (χ2v) is 9.15. The van der Waals surface area contributed by atoms with E-state index >= 15 is 0 Å². The number of amides is 2. The summed E-state index contributed by atoms with van der Waals surface area (Å²) < 4.78 is 84.0. The third kappa shape index (κ3) is 4.44. The van der Waals surface area contributed by atoms with Crippen molar-refractivity contribution in [2.45, 2.75) is 37.4 Å². The summed E-state index contributed by atoms with van der Waals surface area (Å²) in [6.07, 6.45) is -6.39. The quantitative estimate of drug-likeness (QED) is 0.509. The Kier molecular flexibility index (Phi) is 5.99. The van der Waals surface area contributed by atoms with E-state index in [1.165, 1.54) is 4.90 Å². The van der Waals surface area contributed by atoms with Crippen LogP contribution in [-0.4, -0.2) is 62.8 Å². The van der Waals surface area contributed by atoms with E-state index in [4.69, 9.17) is 5.73 Å². The first-order valence-electron chi connectivity index (χ1n) is 11.3. The highest BCUT2D eigenvalue weighted by Gasteiger charge is 2.43. The smallest absolute Gasteiger partial charge is 0.382 e. The number of nitrogens with one attached hydrogen (secondary N) is 1. The molecule has 0 unspecified atom stereocenters. The van der Waals surface area contributed by atoms with Crippen molar-refractivity contribution in [2.24, 2.45) is 5.92 Å². The molecule has 2 atom stereocenters. The lowest BCUT2D eigenvalue weighted by Crippen LogP contribution is -2.44. The number of hydrogen-bond acceptors (Lipinski definition) is 5. The van der Waals surface area contributed by atoms with Gasteiger partial charge < -0.3 is 16.0 Å². The van der Waals surface area contributed by atoms with E-state index in [9.17, 15) is 35.9 Å². The van der Waals surface area contributed by atoms with Crippen molar-refractivity contribution in [2.75, 3.05) is 18.8 Å². The summed E-state index contributed by atoms with van der Waals surface area (Å²) in [5.74, 6) is -3.35. The van der Waals surface area contributed by atoms with Gasteiger partial charge in [0.1, 0.15) is 30.0 Å². The van der Waals surface area contributed by atoms with E-state index in [2.05, 4.69) is 15.4 Å². The SMILES string of the molecule is Nc1ncnn2c(-c3ccc(F)c(C(=O)N[C@@H]4CN(C(=O)C5CC(F)C5)C[C@@H]4F)c3)cc(C(F)(F)F)c12. The Morgan fingerprint density at radius 3 is 2.51 bits per heavy atom. The predicted octanol–water partition coefficient (Wildman–Crippen LogP) is 3.16. The molecule has 1 aliphatic carbocycles. The Balaban J connectivity index is 1.40. The molecule has 3 aromatic rings. The zero-order valence-electron chi connectivity index (χ0n) is 19.0. The summed E-state index contributed by atoms with van der Waals surface area (Å²) in [4.78, 5) is 30.0. The zero-order chi connectivity index (χ0) is 26.6. The second-order valence-electron chi connectivity index (χ2n) is 9.15. The van der Waals surface area contributed by atoms with Crippen LogP contribution in [0.3, 0.4) is 0 Å². The molecule has 196 valence electrons. The van der Waals surface area contributed by atoms with Crippen LogP contribution in [0.1, 0.15) is 28.8 Å². The molecule has 0 radical (unpaired) electrons. The van der Waals surface area contributed by atoms with E-state index in [0.717, 1.165) is 35.1 Å². The van der Waals surface area contributed by atoms with Crippen molar-refractivity contribution in [3.63, 3.8) is 0 Å². The Morgan fingerprint density at radius 2 is 1.84 bits per heavy atom. The number of nitrogens with two attached hydrogens (primary N) is 1. The largest absolute Gasteiger partial charge is 0.418 e. The van der Waals surface area contributed by atoms with E-state index in [0.29, 0.717) is 0 Å². The first kappa shape index (κ1) is 24.8. The summed E-state index contributed by atoms with van der Waals surface area (Å²) in [5, 5.41) is 6.17. The van der Waals surface area contributed by atoms with Crippen molar-refractivity contribution in [3.8, 4) is 11.3 Å². The molecule has 5 rings (SSSR count). The van der Waals surface area contributed by atoms with Gasteiger partial charge in [-0.15, -0.1) is 0 Å². The number of likely N-dealkylation sites (tertiary alicyclic amines) is 1. The van der Waals surface area contributed by atoms with Gasteiger partial charge in [0.15, 0.2) is 5.82 Å². The fraction of sp³-hybridized carbons (Fsp3) is 0.391. The molecular formula is C23H20F6N6O2. The molecule has 37 heavy (non-hydrogen) atoms. The van der Waals surface area contributed by atoms with Crippen LogP contribution >= 0.6 is 0 Å². The van der Waals surface area contributed by atoms with Gasteiger partial charge in [0, 0.05) is 18.0 Å². The average molecular weight is 526 g/mol. The molecule has 14 heteroatoms. The number of nitrogens with zero attached hydrogens (tertiary/aromatic N) is 4. The van der Waals surface area contributed by atoms with Crippen LogP contribution in [0.5, 0.6) is 0 Å². The molecule has 8 nitrogen and oxygen atoms in total. The third-order valence-electron chi connectivity index (χ3n) is 6.70. The maximum atomic E-state index is 14.6. The number of anilines is 1. The highest BCUT2D eigenvalue weighted by molar-refractivity contribution is 5.96. The molecule has 1 aliphatic heterocycles. The maximum absolute atomic E-state index is 14.6. The normalized spacial score (nSPS) is 23.8. The van der Waals surface area contributed by atoms with Gasteiger partial charge in [0.2, 0.25) is 5.91 Å². The number of alkyl halides is 5. The lowest BCUT2D eigenvalue weighted by Gasteiger charge is -2.31. The molecule has 0 bridgehead atoms. The fourth-order valence-electron chi connectivity index (χ4n) is 4.68. The number of carbonyl (C=O) groups excluding carboxylic acids is 2. The van der Waals surface area contributed by atoms with Gasteiger partial charge in [-0.25, -0.2) is 22.7 Å². The summed E-state index contributed by atoms with van der Waals surface area (Å²) >= 11 is 0. The number of fused-ring (bicyclic) bond motifs is 1. The van der Waals surface area contributed by atoms with Crippen LogP contribution in [0.4, 0.5) is 32.2 Å². The van der Waals surface area contributed by atoms with Gasteiger partial charge in [-0.1, -0.05) is 0 Å². The van der Waals surface area contributed by atoms with Crippen LogP contribution in [0.15, 0.2) is 30.6 Å². The number of halogens is 6. The molecular weight excluding hydrogens is 506 g/mol. The number of hydrogen-bond donors (Lipinski definition) is 2. The van der Waals surface area contributed by atoms with E-state index < -0.39 is 70.6 Å². The number of carbonyl (C=O) groups is 2. The summed E-state index contributed by atoms with van der Waals surface area (Å²) in [6, 6.07) is 2.70. The molecule has 2 aliphatic rings. The standard InChI is InChI=1S/C23H20F6N6O2/c24-12-3-11(4-12)22(37)34-7-16(26)17(8-34)33-21(36)13-5-10(1-2-15(13)25)18-6-14(23(27,28)29)19-20(30)31-9-32-35(18)19/h1-2,5-6,9,11-12,16-17H,3-4,7-8H2,(H,33,36)(H2,30,31,32)/t11?,12?,16-,17+/m0/s1. The highest BCUT2D eigenvalue weighted by atomic mass is 19.4. The van der Waals surface area contributed by atoms with Gasteiger partial charge in [-0.05, 0) is 37.1 Å². The van der Waals surface area contributed by atoms with Crippen LogP contribution in [0, 0.1) is 11.7 Å². The van der Waals surface area contributed by atoms with E-state index in [1.54, 1.807) is 0 Å². The maximum Gasteiger partial charge on any atom is 0.418 e. The van der Waals surface area contributed by atoms with Crippen molar-refractivity contribution >= 4 is 23.1 Å². The first-order chi connectivity index (χ1) is 17.4. The van der Waals surface area contributed by atoms with Crippen LogP contribution in [-0.2, 0) is 11.0 Å². The van der Waals surface area contributed by atoms with Crippen LogP contribution in [0.2, 0.25) is 0 Å². The molecule has 3 heterocycles. The Morgan fingerprint density at radius 1 is 1.11 bits per heavy atom. The monoisotopic (exact) mass is 526 g/mol.